The van der Waals surface area contributed by atoms with Gasteiger partial charge in [0.2, 0.25) is 0 Å². The molecule has 258 valence electrons. The molecule has 0 atom stereocenters. The summed E-state index contributed by atoms with van der Waals surface area (Å²) in [4.78, 5) is 0. The number of phenolic OH excluding ortho intramolecular Hbond substituents is 4. The Labute approximate surface area is 297 Å². The van der Waals surface area contributed by atoms with Crippen LogP contribution < -0.4 is 0 Å². The molecule has 50 heavy (non-hydrogen) atoms. The molecule has 0 unspecified atom stereocenters. The molecule has 0 heterocycles. The maximum absolute atomic E-state index is 10.2. The molecule has 0 bridgehead atoms. The lowest BCUT2D eigenvalue weighted by molar-refractivity contribution is 0.445. The maximum Gasteiger partial charge on any atom is 0.119 e. The van der Waals surface area contributed by atoms with Gasteiger partial charge in [0.25, 0.3) is 0 Å². The second-order valence-electron chi connectivity index (χ2n) is 15.2. The monoisotopic (exact) mass is 666 g/mol. The molecule has 0 saturated carbocycles. The summed E-state index contributed by atoms with van der Waals surface area (Å²) in [6.07, 6.45) is 0.961. The van der Waals surface area contributed by atoms with Gasteiger partial charge in [0.1, 0.15) is 23.0 Å². The van der Waals surface area contributed by atoms with E-state index in [1.54, 1.807) is 24.3 Å². The third kappa shape index (κ3) is 8.14. The van der Waals surface area contributed by atoms with E-state index < -0.39 is 0 Å². The first-order valence-electron chi connectivity index (χ1n) is 17.4. The van der Waals surface area contributed by atoms with E-state index in [0.717, 1.165) is 28.7 Å². The van der Waals surface area contributed by atoms with Crippen molar-refractivity contribution in [1.82, 2.24) is 0 Å². The number of benzene rings is 6. The van der Waals surface area contributed by atoms with E-state index in [1.807, 2.05) is 54.6 Å². The first kappa shape index (κ1) is 36.1. The Morgan fingerprint density at radius 2 is 0.900 bits per heavy atom. The van der Waals surface area contributed by atoms with Crippen molar-refractivity contribution in [2.45, 2.75) is 77.6 Å². The van der Waals surface area contributed by atoms with Crippen molar-refractivity contribution in [3.05, 3.63) is 166 Å². The smallest absolute Gasteiger partial charge is 0.119 e. The molecular weight excluding hydrogens is 617 g/mol. The summed E-state index contributed by atoms with van der Waals surface area (Å²) >= 11 is 0. The highest BCUT2D eigenvalue weighted by molar-refractivity contribution is 5.87. The predicted molar refractivity (Wildman–Crippen MR) is 207 cm³/mol. The standard InChI is InChI=1S/C23H18O2.C23H32O2/c24-19-12-8-17(9-13-19)23(18-10-14-20(25)15-11-18)22-7-3-5-16-4-1-2-6-21(16)22;1-8-17(15-9-11-20(24)18(13-15)22(2,3)4)16-10-12-21(25)19(14-16)23(5,6)7/h1-15,23-25H;9-14,17,24-25H,8H2,1-7H3. The topological polar surface area (TPSA) is 80.9 Å². The van der Waals surface area contributed by atoms with E-state index >= 15 is 0 Å². The molecular formula is C46H50O4. The first-order valence-corrected chi connectivity index (χ1v) is 17.4. The van der Waals surface area contributed by atoms with Crippen LogP contribution in [0.25, 0.3) is 10.8 Å². The van der Waals surface area contributed by atoms with Gasteiger partial charge < -0.3 is 20.4 Å². The van der Waals surface area contributed by atoms with Crippen LogP contribution in [0, 0.1) is 0 Å². The normalized spacial score (nSPS) is 11.9. The van der Waals surface area contributed by atoms with Crippen molar-refractivity contribution in [2.24, 2.45) is 0 Å². The van der Waals surface area contributed by atoms with Gasteiger partial charge in [-0.1, -0.05) is 139 Å². The van der Waals surface area contributed by atoms with E-state index in [1.165, 1.54) is 27.5 Å². The number of hydrogen-bond acceptors (Lipinski definition) is 4. The van der Waals surface area contributed by atoms with Crippen molar-refractivity contribution in [3.8, 4) is 23.0 Å². The minimum Gasteiger partial charge on any atom is -0.508 e. The first-order chi connectivity index (χ1) is 23.7. The molecule has 4 heteroatoms. The van der Waals surface area contributed by atoms with E-state index in [0.29, 0.717) is 11.5 Å². The van der Waals surface area contributed by atoms with Crippen LogP contribution in [0.4, 0.5) is 0 Å². The molecule has 0 saturated heterocycles. The molecule has 0 fully saturated rings. The zero-order chi connectivity index (χ0) is 36.2. The maximum atomic E-state index is 10.2. The molecule has 4 N–H and O–H groups in total. The van der Waals surface area contributed by atoms with E-state index in [2.05, 4.69) is 97.0 Å². The Morgan fingerprint density at radius 1 is 0.480 bits per heavy atom. The molecule has 0 aliphatic heterocycles. The van der Waals surface area contributed by atoms with Crippen molar-refractivity contribution >= 4 is 10.8 Å². The van der Waals surface area contributed by atoms with Crippen LogP contribution in [-0.4, -0.2) is 20.4 Å². The van der Waals surface area contributed by atoms with Crippen LogP contribution in [0.2, 0.25) is 0 Å². The van der Waals surface area contributed by atoms with Crippen LogP contribution in [0.1, 0.15) is 106 Å². The summed E-state index contributed by atoms with van der Waals surface area (Å²) in [7, 11) is 0. The van der Waals surface area contributed by atoms with Gasteiger partial charge in [0.15, 0.2) is 0 Å². The highest BCUT2D eigenvalue weighted by atomic mass is 16.3. The Balaban J connectivity index is 0.000000194. The molecule has 0 aliphatic rings. The average molecular weight is 667 g/mol. The summed E-state index contributed by atoms with van der Waals surface area (Å²) in [6.45, 7) is 14.9. The van der Waals surface area contributed by atoms with Crippen molar-refractivity contribution < 1.29 is 20.4 Å². The van der Waals surface area contributed by atoms with E-state index in [4.69, 9.17) is 0 Å². The van der Waals surface area contributed by atoms with Gasteiger partial charge in [-0.2, -0.15) is 0 Å². The number of rotatable bonds is 6. The zero-order valence-corrected chi connectivity index (χ0v) is 30.3. The van der Waals surface area contributed by atoms with Gasteiger partial charge in [-0.05, 0) is 103 Å². The molecule has 0 amide bonds. The Kier molecular flexibility index (Phi) is 10.6. The van der Waals surface area contributed by atoms with Gasteiger partial charge in [0.05, 0.1) is 0 Å². The van der Waals surface area contributed by atoms with Crippen LogP contribution in [0.15, 0.2) is 127 Å². The number of phenols is 4. The second kappa shape index (κ2) is 14.7. The van der Waals surface area contributed by atoms with Crippen molar-refractivity contribution in [3.63, 3.8) is 0 Å². The molecule has 6 rings (SSSR count). The van der Waals surface area contributed by atoms with Gasteiger partial charge in [0, 0.05) is 11.8 Å². The van der Waals surface area contributed by atoms with E-state index in [9.17, 15) is 20.4 Å². The largest absolute Gasteiger partial charge is 0.508 e. The van der Waals surface area contributed by atoms with Gasteiger partial charge in [-0.15, -0.1) is 0 Å². The van der Waals surface area contributed by atoms with E-state index in [-0.39, 0.29) is 34.2 Å². The molecule has 0 spiro atoms. The summed E-state index contributed by atoms with van der Waals surface area (Å²) in [5, 5.41) is 42.2. The predicted octanol–water partition coefficient (Wildman–Crippen LogP) is 11.7. The minimum atomic E-state index is -0.107. The van der Waals surface area contributed by atoms with Crippen LogP contribution in [0.3, 0.4) is 0 Å². The fraction of sp³-hybridized carbons (Fsp3) is 0.261. The lowest BCUT2D eigenvalue weighted by atomic mass is 9.79. The Bertz CT molecular complexity index is 1930. The molecule has 0 aliphatic carbocycles. The van der Waals surface area contributed by atoms with Gasteiger partial charge in [-0.3, -0.25) is 0 Å². The second-order valence-corrected chi connectivity index (χ2v) is 15.2. The number of hydrogen-bond donors (Lipinski definition) is 4. The highest BCUT2D eigenvalue weighted by Gasteiger charge is 2.24. The minimum absolute atomic E-state index is 0.0206. The third-order valence-corrected chi connectivity index (χ3v) is 9.46. The van der Waals surface area contributed by atoms with Gasteiger partial charge >= 0.3 is 0 Å². The fourth-order valence-electron chi connectivity index (χ4n) is 6.79. The summed E-state index contributed by atoms with van der Waals surface area (Å²) < 4.78 is 0. The number of fused-ring (bicyclic) bond motifs is 1. The van der Waals surface area contributed by atoms with Crippen LogP contribution >= 0.6 is 0 Å². The molecule has 4 nitrogen and oxygen atoms in total. The molecule has 0 radical (unpaired) electrons. The summed E-state index contributed by atoms with van der Waals surface area (Å²) in [6, 6.07) is 41.3. The molecule has 0 aromatic heterocycles. The van der Waals surface area contributed by atoms with Crippen LogP contribution in [-0.2, 0) is 10.8 Å². The van der Waals surface area contributed by atoms with Gasteiger partial charge in [-0.25, -0.2) is 0 Å². The molecule has 6 aromatic carbocycles. The SMILES string of the molecule is CCC(c1ccc(O)c(C(C)(C)C)c1)c1ccc(O)c(C(C)(C)C)c1.Oc1ccc(C(c2ccc(O)cc2)c2cccc3ccccc23)cc1. The summed E-state index contributed by atoms with van der Waals surface area (Å²) in [5.41, 5.74) is 7.53. The van der Waals surface area contributed by atoms with Crippen molar-refractivity contribution in [1.29, 1.82) is 0 Å². The number of aromatic hydroxyl groups is 4. The molecule has 6 aromatic rings. The average Bonchev–Trinajstić information content (AvgIpc) is 3.07. The highest BCUT2D eigenvalue weighted by Crippen LogP contribution is 2.40. The summed E-state index contributed by atoms with van der Waals surface area (Å²) in [5.74, 6) is 1.48. The quantitative estimate of drug-likeness (QED) is 0.133. The Morgan fingerprint density at radius 3 is 1.34 bits per heavy atom. The van der Waals surface area contributed by atoms with Crippen LogP contribution in [0.5, 0.6) is 23.0 Å². The lowest BCUT2D eigenvalue weighted by Crippen LogP contribution is -2.14. The Hall–Kier alpha value is -5.22. The van der Waals surface area contributed by atoms with Crippen molar-refractivity contribution in [2.75, 3.05) is 0 Å². The third-order valence-electron chi connectivity index (χ3n) is 9.46. The lowest BCUT2D eigenvalue weighted by Gasteiger charge is -2.26. The zero-order valence-electron chi connectivity index (χ0n) is 30.3. The fourth-order valence-corrected chi connectivity index (χ4v) is 6.79.